The molecule has 25 heavy (non-hydrogen) atoms. The van der Waals surface area contributed by atoms with E-state index < -0.39 is 11.7 Å². The lowest BCUT2D eigenvalue weighted by atomic mass is 10.2. The van der Waals surface area contributed by atoms with Gasteiger partial charge in [0.2, 0.25) is 0 Å². The van der Waals surface area contributed by atoms with Gasteiger partial charge in [0.1, 0.15) is 11.3 Å². The molecule has 3 aromatic rings. The molecule has 0 saturated carbocycles. The lowest BCUT2D eigenvalue weighted by Gasteiger charge is -2.22. The summed E-state index contributed by atoms with van der Waals surface area (Å²) in [6.07, 6.45) is 0.217. The van der Waals surface area contributed by atoms with Crippen molar-refractivity contribution >= 4 is 22.6 Å². The minimum atomic E-state index is -0.640. The zero-order valence-electron chi connectivity index (χ0n) is 13.8. The van der Waals surface area contributed by atoms with Crippen molar-refractivity contribution < 1.29 is 13.9 Å². The Morgan fingerprint density at radius 3 is 2.84 bits per heavy atom. The van der Waals surface area contributed by atoms with Gasteiger partial charge in [-0.15, -0.1) is 0 Å². The number of carbonyl (C=O) groups is 1. The first kappa shape index (κ1) is 15.4. The number of hydrogen-bond donors (Lipinski definition) is 0. The lowest BCUT2D eigenvalue weighted by molar-refractivity contribution is -0.124. The molecule has 0 bridgehead atoms. The van der Waals surface area contributed by atoms with Crippen molar-refractivity contribution in [3.63, 3.8) is 0 Å². The van der Waals surface area contributed by atoms with E-state index in [2.05, 4.69) is 0 Å². The molecular formula is C20H17NO4. The third-order valence-electron chi connectivity index (χ3n) is 4.41. The molecule has 4 rings (SSSR count). The van der Waals surface area contributed by atoms with Crippen LogP contribution < -0.4 is 15.3 Å². The van der Waals surface area contributed by atoms with E-state index in [1.54, 1.807) is 36.1 Å². The maximum absolute atomic E-state index is 12.8. The van der Waals surface area contributed by atoms with Gasteiger partial charge < -0.3 is 14.1 Å². The van der Waals surface area contributed by atoms with E-state index in [1.165, 1.54) is 11.6 Å². The summed E-state index contributed by atoms with van der Waals surface area (Å²) in [6, 6.07) is 16.2. The van der Waals surface area contributed by atoms with Gasteiger partial charge in [0.15, 0.2) is 6.10 Å². The van der Waals surface area contributed by atoms with E-state index in [9.17, 15) is 9.59 Å². The first-order valence-electron chi connectivity index (χ1n) is 8.22. The number of hydrogen-bond acceptors (Lipinski definition) is 4. The number of anilines is 1. The third-order valence-corrected chi connectivity index (χ3v) is 4.41. The SMILES string of the molecule is C[C@H](Oc1ccc2ccc(=O)oc2c1)C(=O)N1CCc2ccccc21. The maximum Gasteiger partial charge on any atom is 0.336 e. The minimum Gasteiger partial charge on any atom is -0.481 e. The van der Waals surface area contributed by atoms with Gasteiger partial charge in [-0.25, -0.2) is 4.79 Å². The normalized spacial score (nSPS) is 14.4. The summed E-state index contributed by atoms with van der Waals surface area (Å²) in [6.45, 7) is 2.40. The highest BCUT2D eigenvalue weighted by Gasteiger charge is 2.28. The monoisotopic (exact) mass is 335 g/mol. The van der Waals surface area contributed by atoms with Gasteiger partial charge in [0.25, 0.3) is 5.91 Å². The summed E-state index contributed by atoms with van der Waals surface area (Å²) in [4.78, 5) is 25.9. The smallest absolute Gasteiger partial charge is 0.336 e. The average molecular weight is 335 g/mol. The van der Waals surface area contributed by atoms with Crippen LogP contribution in [-0.4, -0.2) is 18.6 Å². The molecule has 2 aromatic carbocycles. The van der Waals surface area contributed by atoms with Crippen LogP contribution in [-0.2, 0) is 11.2 Å². The van der Waals surface area contributed by atoms with Crippen molar-refractivity contribution in [2.24, 2.45) is 0 Å². The topological polar surface area (TPSA) is 59.8 Å². The highest BCUT2D eigenvalue weighted by molar-refractivity contribution is 5.98. The second-order valence-corrected chi connectivity index (χ2v) is 6.08. The van der Waals surface area contributed by atoms with Gasteiger partial charge >= 0.3 is 5.63 Å². The number of nitrogens with zero attached hydrogens (tertiary/aromatic N) is 1. The fraction of sp³-hybridized carbons (Fsp3) is 0.200. The Hall–Kier alpha value is -3.08. The molecule has 0 fully saturated rings. The highest BCUT2D eigenvalue weighted by Crippen LogP contribution is 2.28. The summed E-state index contributed by atoms with van der Waals surface area (Å²) < 4.78 is 11.0. The lowest BCUT2D eigenvalue weighted by Crippen LogP contribution is -2.39. The van der Waals surface area contributed by atoms with Gasteiger partial charge in [-0.1, -0.05) is 18.2 Å². The largest absolute Gasteiger partial charge is 0.481 e. The summed E-state index contributed by atoms with van der Waals surface area (Å²) in [5.74, 6) is 0.412. The Morgan fingerprint density at radius 2 is 1.96 bits per heavy atom. The summed E-state index contributed by atoms with van der Waals surface area (Å²) in [5.41, 5.74) is 2.15. The molecule has 5 nitrogen and oxygen atoms in total. The molecule has 0 radical (unpaired) electrons. The Labute approximate surface area is 144 Å². The number of amides is 1. The van der Waals surface area contributed by atoms with Gasteiger partial charge in [0, 0.05) is 29.8 Å². The Kier molecular flexibility index (Phi) is 3.76. The number of para-hydroxylation sites is 1. The molecule has 1 aromatic heterocycles. The summed E-state index contributed by atoms with van der Waals surface area (Å²) >= 11 is 0. The minimum absolute atomic E-state index is 0.0837. The fourth-order valence-corrected chi connectivity index (χ4v) is 3.16. The van der Waals surface area contributed by atoms with E-state index >= 15 is 0 Å². The molecule has 126 valence electrons. The fourth-order valence-electron chi connectivity index (χ4n) is 3.16. The highest BCUT2D eigenvalue weighted by atomic mass is 16.5. The molecule has 0 unspecified atom stereocenters. The first-order valence-corrected chi connectivity index (χ1v) is 8.22. The van der Waals surface area contributed by atoms with Crippen LogP contribution in [0.2, 0.25) is 0 Å². The quantitative estimate of drug-likeness (QED) is 0.690. The van der Waals surface area contributed by atoms with Crippen molar-refractivity contribution in [1.82, 2.24) is 0 Å². The maximum atomic E-state index is 12.8. The number of rotatable bonds is 3. The van der Waals surface area contributed by atoms with Crippen molar-refractivity contribution in [2.45, 2.75) is 19.4 Å². The number of fused-ring (bicyclic) bond motifs is 2. The van der Waals surface area contributed by atoms with E-state index in [0.29, 0.717) is 17.9 Å². The Balaban J connectivity index is 1.55. The molecule has 1 amide bonds. The first-order chi connectivity index (χ1) is 12.1. The van der Waals surface area contributed by atoms with Crippen LogP contribution in [0.5, 0.6) is 5.75 Å². The second kappa shape index (κ2) is 6.09. The van der Waals surface area contributed by atoms with Crippen molar-refractivity contribution in [1.29, 1.82) is 0 Å². The summed E-state index contributed by atoms with van der Waals surface area (Å²) in [5, 5.41) is 0.805. The van der Waals surface area contributed by atoms with Gasteiger partial charge in [0.05, 0.1) is 0 Å². The van der Waals surface area contributed by atoms with Crippen LogP contribution in [0.3, 0.4) is 0 Å². The zero-order chi connectivity index (χ0) is 17.4. The molecule has 2 heterocycles. The van der Waals surface area contributed by atoms with Crippen LogP contribution in [0.15, 0.2) is 63.8 Å². The standard InChI is InChI=1S/C20H17NO4/c1-13(20(23)21-11-10-14-4-2-3-5-17(14)21)24-16-8-6-15-7-9-19(22)25-18(15)12-16/h2-9,12-13H,10-11H2,1H3/t13-/m0/s1. The summed E-state index contributed by atoms with van der Waals surface area (Å²) in [7, 11) is 0. The molecule has 1 aliphatic rings. The Morgan fingerprint density at radius 1 is 1.16 bits per heavy atom. The van der Waals surface area contributed by atoms with Gasteiger partial charge in [-0.05, 0) is 43.2 Å². The molecular weight excluding hydrogens is 318 g/mol. The second-order valence-electron chi connectivity index (χ2n) is 6.08. The molecule has 1 atom stereocenters. The predicted octanol–water partition coefficient (Wildman–Crippen LogP) is 3.15. The van der Waals surface area contributed by atoms with Crippen molar-refractivity contribution in [3.8, 4) is 5.75 Å². The molecule has 5 heteroatoms. The number of carbonyl (C=O) groups excluding carboxylic acids is 1. The van der Waals surface area contributed by atoms with E-state index in [1.807, 2.05) is 24.3 Å². The van der Waals surface area contributed by atoms with Crippen LogP contribution >= 0.6 is 0 Å². The number of ether oxygens (including phenoxy) is 1. The van der Waals surface area contributed by atoms with Crippen LogP contribution in [0.25, 0.3) is 11.0 Å². The Bertz CT molecular complexity index is 1010. The van der Waals surface area contributed by atoms with Crippen LogP contribution in [0, 0.1) is 0 Å². The predicted molar refractivity (Wildman–Crippen MR) is 95.1 cm³/mol. The van der Waals surface area contributed by atoms with Crippen LogP contribution in [0.1, 0.15) is 12.5 Å². The van der Waals surface area contributed by atoms with E-state index in [-0.39, 0.29) is 5.91 Å². The molecule has 0 aliphatic carbocycles. The third kappa shape index (κ3) is 2.89. The van der Waals surface area contributed by atoms with E-state index in [0.717, 1.165) is 17.5 Å². The van der Waals surface area contributed by atoms with Crippen molar-refractivity contribution in [2.75, 3.05) is 11.4 Å². The zero-order valence-corrected chi connectivity index (χ0v) is 13.8. The van der Waals surface area contributed by atoms with Gasteiger partial charge in [-0.3, -0.25) is 4.79 Å². The molecule has 0 spiro atoms. The van der Waals surface area contributed by atoms with Crippen molar-refractivity contribution in [3.05, 3.63) is 70.6 Å². The molecule has 0 N–H and O–H groups in total. The average Bonchev–Trinajstić information content (AvgIpc) is 3.04. The number of benzene rings is 2. The molecule has 0 saturated heterocycles. The molecule has 1 aliphatic heterocycles. The van der Waals surface area contributed by atoms with Gasteiger partial charge in [-0.2, -0.15) is 0 Å². The van der Waals surface area contributed by atoms with E-state index in [4.69, 9.17) is 9.15 Å². The van der Waals surface area contributed by atoms with Crippen LogP contribution in [0.4, 0.5) is 5.69 Å².